The molecule has 0 spiro atoms. The highest BCUT2D eigenvalue weighted by molar-refractivity contribution is 5.90. The van der Waals surface area contributed by atoms with Crippen molar-refractivity contribution in [3.63, 3.8) is 0 Å². The molecule has 1 fully saturated rings. The maximum Gasteiger partial charge on any atom is 0.322 e. The molecule has 1 aliphatic rings. The number of urea groups is 1. The second-order valence-electron chi connectivity index (χ2n) is 6.16. The molecule has 2 rings (SSSR count). The molecule has 1 aliphatic heterocycles. The topological polar surface area (TPSA) is 82.9 Å². The Morgan fingerprint density at radius 1 is 1.57 bits per heavy atom. The third-order valence-corrected chi connectivity index (χ3v) is 4.16. The summed E-state index contributed by atoms with van der Waals surface area (Å²) in [4.78, 5) is 16.3. The van der Waals surface area contributed by atoms with E-state index in [-0.39, 0.29) is 12.1 Å². The molecule has 1 aromatic rings. The molecular weight excluding hydrogens is 298 g/mol. The fourth-order valence-electron chi connectivity index (χ4n) is 2.97. The van der Waals surface area contributed by atoms with Crippen molar-refractivity contribution in [1.82, 2.24) is 19.6 Å². The number of likely N-dealkylation sites (N-methyl/N-ethyl adjacent to an activating group) is 1. The van der Waals surface area contributed by atoms with Gasteiger partial charge >= 0.3 is 6.03 Å². The van der Waals surface area contributed by atoms with Gasteiger partial charge in [-0.3, -0.25) is 4.68 Å². The number of aryl methyl sites for hydroxylation is 1. The van der Waals surface area contributed by atoms with Crippen LogP contribution in [0.1, 0.15) is 19.8 Å². The van der Waals surface area contributed by atoms with Gasteiger partial charge in [-0.1, -0.05) is 0 Å². The van der Waals surface area contributed by atoms with Crippen LogP contribution in [0.2, 0.25) is 0 Å². The largest absolute Gasteiger partial charge is 0.478 e. The highest BCUT2D eigenvalue weighted by atomic mass is 16.5. The quantitative estimate of drug-likeness (QED) is 0.834. The lowest BCUT2D eigenvalue weighted by Crippen LogP contribution is -2.48. The summed E-state index contributed by atoms with van der Waals surface area (Å²) < 4.78 is 6.75. The second kappa shape index (κ2) is 7.65. The van der Waals surface area contributed by atoms with Crippen molar-refractivity contribution in [3.05, 3.63) is 6.20 Å². The molecule has 0 radical (unpaired) electrons. The predicted octanol–water partition coefficient (Wildman–Crippen LogP) is 0.738. The number of hydrogen-bond acceptors (Lipinski definition) is 5. The molecular formula is C15H27N5O3. The molecule has 2 heterocycles. The number of hydrogen-bond donors (Lipinski definition) is 2. The SMILES string of the molecule is COc1nn(C)cc1NC(=O)N1CCC(N(C)CC(C)O)CC1. The number of nitrogens with one attached hydrogen (secondary N) is 1. The third kappa shape index (κ3) is 4.59. The lowest BCUT2D eigenvalue weighted by atomic mass is 10.0. The van der Waals surface area contributed by atoms with Gasteiger partial charge in [0.15, 0.2) is 0 Å². The Morgan fingerprint density at radius 3 is 2.78 bits per heavy atom. The van der Waals surface area contributed by atoms with Crippen molar-refractivity contribution < 1.29 is 14.6 Å². The Morgan fingerprint density at radius 2 is 2.22 bits per heavy atom. The summed E-state index contributed by atoms with van der Waals surface area (Å²) in [6, 6.07) is 0.273. The van der Waals surface area contributed by atoms with Gasteiger partial charge in [0.05, 0.1) is 19.4 Å². The molecule has 0 aliphatic carbocycles. The minimum Gasteiger partial charge on any atom is -0.478 e. The third-order valence-electron chi connectivity index (χ3n) is 4.16. The number of carbonyl (C=O) groups is 1. The molecule has 8 heteroatoms. The average Bonchev–Trinajstić information content (AvgIpc) is 2.86. The lowest BCUT2D eigenvalue weighted by Gasteiger charge is -2.37. The Hall–Kier alpha value is -1.80. The van der Waals surface area contributed by atoms with Gasteiger partial charge in [-0.15, -0.1) is 5.10 Å². The van der Waals surface area contributed by atoms with E-state index in [9.17, 15) is 9.90 Å². The number of aliphatic hydroxyl groups excluding tert-OH is 1. The van der Waals surface area contributed by atoms with Gasteiger partial charge in [0, 0.05) is 32.7 Å². The number of methoxy groups -OCH3 is 1. The fraction of sp³-hybridized carbons (Fsp3) is 0.733. The molecule has 8 nitrogen and oxygen atoms in total. The number of nitrogens with zero attached hydrogens (tertiary/aromatic N) is 4. The number of amides is 2. The van der Waals surface area contributed by atoms with Crippen molar-refractivity contribution in [2.45, 2.75) is 31.9 Å². The minimum absolute atomic E-state index is 0.132. The van der Waals surface area contributed by atoms with Gasteiger partial charge in [0.25, 0.3) is 5.88 Å². The summed E-state index contributed by atoms with van der Waals surface area (Å²) in [5.41, 5.74) is 0.577. The molecule has 2 amide bonds. The molecule has 0 bridgehead atoms. The number of aliphatic hydroxyl groups is 1. The van der Waals surface area contributed by atoms with Crippen LogP contribution in [0.3, 0.4) is 0 Å². The maximum atomic E-state index is 12.4. The highest BCUT2D eigenvalue weighted by Gasteiger charge is 2.26. The van der Waals surface area contributed by atoms with Gasteiger partial charge in [-0.25, -0.2) is 4.79 Å². The normalized spacial score (nSPS) is 17.4. The van der Waals surface area contributed by atoms with E-state index in [4.69, 9.17) is 4.74 Å². The summed E-state index contributed by atoms with van der Waals surface area (Å²) >= 11 is 0. The highest BCUT2D eigenvalue weighted by Crippen LogP contribution is 2.22. The standard InChI is InChI=1S/C15H27N5O3/c1-11(21)9-18(2)12-5-7-20(8-6-12)15(22)16-13-10-19(3)17-14(13)23-4/h10-12,21H,5-9H2,1-4H3,(H,16,22). The van der Waals surface area contributed by atoms with E-state index in [1.807, 2.05) is 7.05 Å². The van der Waals surface area contributed by atoms with E-state index in [0.717, 1.165) is 12.8 Å². The number of piperidine rings is 1. The smallest absolute Gasteiger partial charge is 0.322 e. The first-order valence-electron chi connectivity index (χ1n) is 7.92. The van der Waals surface area contributed by atoms with Crippen molar-refractivity contribution in [2.75, 3.05) is 39.1 Å². The monoisotopic (exact) mass is 325 g/mol. The first-order chi connectivity index (χ1) is 10.9. The first kappa shape index (κ1) is 17.6. The zero-order chi connectivity index (χ0) is 17.0. The number of carbonyl (C=O) groups excluding carboxylic acids is 1. The predicted molar refractivity (Wildman–Crippen MR) is 87.7 cm³/mol. The maximum absolute atomic E-state index is 12.4. The van der Waals surface area contributed by atoms with E-state index in [1.165, 1.54) is 7.11 Å². The molecule has 2 N–H and O–H groups in total. The zero-order valence-electron chi connectivity index (χ0n) is 14.3. The number of aromatic nitrogens is 2. The average molecular weight is 325 g/mol. The molecule has 1 atom stereocenters. The van der Waals surface area contributed by atoms with Gasteiger partial charge < -0.3 is 25.0 Å². The Kier molecular flexibility index (Phi) is 5.84. The van der Waals surface area contributed by atoms with Crippen LogP contribution in [0, 0.1) is 0 Å². The molecule has 1 saturated heterocycles. The van der Waals surface area contributed by atoms with Crippen molar-refractivity contribution >= 4 is 11.7 Å². The fourth-order valence-corrected chi connectivity index (χ4v) is 2.97. The van der Waals surface area contributed by atoms with Crippen LogP contribution in [0.25, 0.3) is 0 Å². The van der Waals surface area contributed by atoms with Gasteiger partial charge in [0.1, 0.15) is 5.69 Å². The Bertz CT molecular complexity index is 523. The van der Waals surface area contributed by atoms with E-state index in [2.05, 4.69) is 15.3 Å². The number of rotatable bonds is 5. The number of ether oxygens (including phenoxy) is 1. The first-order valence-corrected chi connectivity index (χ1v) is 7.92. The van der Waals surface area contributed by atoms with Crippen LogP contribution in [-0.4, -0.2) is 76.7 Å². The molecule has 1 aromatic heterocycles. The zero-order valence-corrected chi connectivity index (χ0v) is 14.3. The van der Waals surface area contributed by atoms with Crippen LogP contribution in [0.4, 0.5) is 10.5 Å². The van der Waals surface area contributed by atoms with Crippen molar-refractivity contribution in [2.24, 2.45) is 7.05 Å². The van der Waals surface area contributed by atoms with Crippen LogP contribution < -0.4 is 10.1 Å². The number of anilines is 1. The Labute approximate surface area is 137 Å². The molecule has 23 heavy (non-hydrogen) atoms. The molecule has 0 aromatic carbocycles. The Balaban J connectivity index is 1.86. The van der Waals surface area contributed by atoms with Gasteiger partial charge in [-0.2, -0.15) is 0 Å². The summed E-state index contributed by atoms with van der Waals surface area (Å²) in [7, 11) is 5.33. The summed E-state index contributed by atoms with van der Waals surface area (Å²) in [6.07, 6.45) is 3.20. The van der Waals surface area contributed by atoms with Crippen LogP contribution in [-0.2, 0) is 7.05 Å². The number of likely N-dealkylation sites (tertiary alicyclic amines) is 1. The summed E-state index contributed by atoms with van der Waals surface area (Å²) in [6.45, 7) is 3.84. The molecule has 0 saturated carbocycles. The minimum atomic E-state index is -0.334. The molecule has 130 valence electrons. The van der Waals surface area contributed by atoms with Crippen molar-refractivity contribution in [3.8, 4) is 5.88 Å². The van der Waals surface area contributed by atoms with Gasteiger partial charge in [-0.05, 0) is 26.8 Å². The van der Waals surface area contributed by atoms with E-state index in [0.29, 0.717) is 37.2 Å². The summed E-state index contributed by atoms with van der Waals surface area (Å²) in [5, 5.41) is 16.4. The van der Waals surface area contributed by atoms with Gasteiger partial charge in [0.2, 0.25) is 0 Å². The van der Waals surface area contributed by atoms with Crippen LogP contribution >= 0.6 is 0 Å². The van der Waals surface area contributed by atoms with E-state index < -0.39 is 0 Å². The molecule has 1 unspecified atom stereocenters. The van der Waals surface area contributed by atoms with Crippen LogP contribution in [0.15, 0.2) is 6.20 Å². The lowest BCUT2D eigenvalue weighted by molar-refractivity contribution is 0.0892. The van der Waals surface area contributed by atoms with E-state index >= 15 is 0 Å². The van der Waals surface area contributed by atoms with E-state index in [1.54, 1.807) is 29.7 Å². The van der Waals surface area contributed by atoms with Crippen LogP contribution in [0.5, 0.6) is 5.88 Å². The summed E-state index contributed by atoms with van der Waals surface area (Å²) in [5.74, 6) is 0.410. The second-order valence-corrected chi connectivity index (χ2v) is 6.16. The van der Waals surface area contributed by atoms with Crippen molar-refractivity contribution in [1.29, 1.82) is 0 Å².